The van der Waals surface area contributed by atoms with E-state index in [0.29, 0.717) is 67.2 Å². The van der Waals surface area contributed by atoms with Crippen LogP contribution in [0.3, 0.4) is 0 Å². The monoisotopic (exact) mass is 794 g/mol. The fourth-order valence-electron chi connectivity index (χ4n) is 8.01. The first-order valence-electron chi connectivity index (χ1n) is 19.9. The zero-order valence-corrected chi connectivity index (χ0v) is 34.0. The number of fused-ring (bicyclic) bond motifs is 5. The molecular formula is C42H58N4O7S2. The van der Waals surface area contributed by atoms with Crippen molar-refractivity contribution in [1.82, 2.24) is 10.6 Å². The standard InChI is InChI=1S/C42H58N4O7S2/c1-25(2)36-23-55-54-22-29(21-44-42(43)46-36)35-20-34-27-13-16-32(48)19-31(47)15-12-26-14-17-37(49)39(51-3)33(26)11-7-8-28(18-27)38(40(34)53-41(35)50)52-24-45-30-9-5-4-6-10-30/h14,17-18,25,29-30,32,35-36,41,45,48-50H,4-6,8-10,12-13,15-16,19-24H2,1-3H3,(H3,43,44,46). The first-order chi connectivity index (χ1) is 26.6. The molecule has 55 heavy (non-hydrogen) atoms. The van der Waals surface area contributed by atoms with Crippen LogP contribution >= 0.6 is 21.6 Å². The number of rotatable bonds is 7. The number of methoxy groups -OCH3 is 1. The van der Waals surface area contributed by atoms with Crippen molar-refractivity contribution in [2.24, 2.45) is 28.5 Å². The van der Waals surface area contributed by atoms with Crippen molar-refractivity contribution in [2.75, 3.05) is 31.9 Å². The minimum Gasteiger partial charge on any atom is -0.504 e. The minimum absolute atomic E-state index is 0.0244. The normalized spacial score (nSPS) is 25.7. The van der Waals surface area contributed by atoms with Crippen molar-refractivity contribution < 1.29 is 34.3 Å². The number of phenols is 1. The van der Waals surface area contributed by atoms with Gasteiger partial charge in [0, 0.05) is 66.4 Å². The van der Waals surface area contributed by atoms with E-state index in [9.17, 15) is 20.1 Å². The second-order valence-corrected chi connectivity index (χ2v) is 18.2. The first-order valence-corrected chi connectivity index (χ1v) is 22.4. The van der Waals surface area contributed by atoms with E-state index in [2.05, 4.69) is 42.4 Å². The number of nitrogens with two attached hydrogens (primary N) is 1. The summed E-state index contributed by atoms with van der Waals surface area (Å²) in [5.74, 6) is 9.96. The Labute approximate surface area is 333 Å². The van der Waals surface area contributed by atoms with Crippen LogP contribution < -0.4 is 30.6 Å². The molecule has 13 heteroatoms. The van der Waals surface area contributed by atoms with Crippen molar-refractivity contribution in [3.8, 4) is 34.8 Å². The highest BCUT2D eigenvalue weighted by Crippen LogP contribution is 2.46. The van der Waals surface area contributed by atoms with Crippen LogP contribution in [0.5, 0.6) is 23.0 Å². The van der Waals surface area contributed by atoms with Crippen LogP contribution in [0.2, 0.25) is 0 Å². The number of carbonyl (C=O) groups is 1. The van der Waals surface area contributed by atoms with Gasteiger partial charge >= 0.3 is 0 Å². The molecule has 1 saturated carbocycles. The summed E-state index contributed by atoms with van der Waals surface area (Å²) in [5, 5.41) is 40.5. The Morgan fingerprint density at radius 1 is 1.04 bits per heavy atom. The van der Waals surface area contributed by atoms with Gasteiger partial charge in [-0.1, -0.05) is 78.7 Å². The van der Waals surface area contributed by atoms with Gasteiger partial charge in [0.2, 0.25) is 6.29 Å². The number of ketones is 1. The number of benzene rings is 2. The number of hydrogen-bond acceptors (Lipinski definition) is 13. The van der Waals surface area contributed by atoms with Gasteiger partial charge < -0.3 is 40.6 Å². The number of hydrogen-bond donors (Lipinski definition) is 6. The summed E-state index contributed by atoms with van der Waals surface area (Å²) < 4.78 is 18.7. The molecule has 2 heterocycles. The molecule has 7 N–H and O–H groups in total. The van der Waals surface area contributed by atoms with E-state index < -0.39 is 12.4 Å². The average molecular weight is 795 g/mol. The van der Waals surface area contributed by atoms with Crippen LogP contribution in [-0.4, -0.2) is 83.4 Å². The number of carbonyl (C=O) groups excluding carboxylic acids is 1. The van der Waals surface area contributed by atoms with Crippen molar-refractivity contribution in [2.45, 2.75) is 115 Å². The topological polar surface area (TPSA) is 168 Å². The van der Waals surface area contributed by atoms with Gasteiger partial charge in [0.1, 0.15) is 12.5 Å². The largest absolute Gasteiger partial charge is 0.504 e. The zero-order valence-electron chi connectivity index (χ0n) is 32.4. The van der Waals surface area contributed by atoms with Crippen LogP contribution in [-0.2, 0) is 30.5 Å². The predicted octanol–water partition coefficient (Wildman–Crippen LogP) is 5.26. The number of aliphatic hydroxyl groups is 2. The number of guanidine groups is 1. The Bertz CT molecular complexity index is 1740. The third-order valence-corrected chi connectivity index (χ3v) is 13.9. The van der Waals surface area contributed by atoms with E-state index in [0.717, 1.165) is 46.6 Å². The summed E-state index contributed by atoms with van der Waals surface area (Å²) in [6, 6.07) is 6.02. The summed E-state index contributed by atoms with van der Waals surface area (Å²) in [6.45, 7) is 5.07. The molecule has 2 aliphatic heterocycles. The molecule has 4 aliphatic rings. The lowest BCUT2D eigenvalue weighted by Crippen LogP contribution is -2.45. The molecule has 0 radical (unpaired) electrons. The van der Waals surface area contributed by atoms with E-state index in [1.165, 1.54) is 26.4 Å². The van der Waals surface area contributed by atoms with Gasteiger partial charge in [0.25, 0.3) is 0 Å². The second kappa shape index (κ2) is 19.7. The molecule has 0 saturated heterocycles. The molecule has 11 nitrogen and oxygen atoms in total. The van der Waals surface area contributed by atoms with Crippen LogP contribution in [0.4, 0.5) is 0 Å². The summed E-state index contributed by atoms with van der Waals surface area (Å²) in [6.07, 6.45) is 6.30. The maximum atomic E-state index is 13.1. The Hall–Kier alpha value is -3.28. The molecule has 0 amide bonds. The second-order valence-electron chi connectivity index (χ2n) is 15.7. The fraction of sp³-hybridized carbons (Fsp3) is 0.619. The lowest BCUT2D eigenvalue weighted by Gasteiger charge is -2.37. The van der Waals surface area contributed by atoms with Gasteiger partial charge in [-0.25, -0.2) is 0 Å². The number of ether oxygens (including phenoxy) is 3. The molecule has 2 bridgehead atoms. The summed E-state index contributed by atoms with van der Waals surface area (Å²) in [4.78, 5) is 17.8. The van der Waals surface area contributed by atoms with Crippen LogP contribution in [0, 0.1) is 29.6 Å². The predicted molar refractivity (Wildman–Crippen MR) is 220 cm³/mol. The minimum atomic E-state index is -1.11. The highest BCUT2D eigenvalue weighted by atomic mass is 33.1. The summed E-state index contributed by atoms with van der Waals surface area (Å²) >= 11 is 0. The third-order valence-electron chi connectivity index (χ3n) is 11.4. The Kier molecular flexibility index (Phi) is 14.8. The number of nitrogens with one attached hydrogen (secondary N) is 2. The lowest BCUT2D eigenvalue weighted by molar-refractivity contribution is -0.121. The molecule has 5 unspecified atom stereocenters. The SMILES string of the molecule is COc1c(O)ccc2c1C#CCc1cc(c3c(c1OCNC1CCCCC1)OC(O)C(C1CN=C(N)NC(C(C)C)CSSC1)C3)CCC(O)CC(=O)CC2. The number of nitrogens with zero attached hydrogens (tertiary/aromatic N) is 1. The van der Waals surface area contributed by atoms with Crippen molar-refractivity contribution in [3.05, 3.63) is 46.0 Å². The molecular weight excluding hydrogens is 737 g/mol. The zero-order chi connectivity index (χ0) is 38.9. The van der Waals surface area contributed by atoms with Gasteiger partial charge in [-0.2, -0.15) is 0 Å². The van der Waals surface area contributed by atoms with Gasteiger partial charge in [-0.15, -0.1) is 0 Å². The van der Waals surface area contributed by atoms with Crippen LogP contribution in [0.1, 0.15) is 93.0 Å². The average Bonchev–Trinajstić information content (AvgIpc) is 3.17. The Morgan fingerprint density at radius 3 is 2.62 bits per heavy atom. The van der Waals surface area contributed by atoms with Gasteiger partial charge in [0.15, 0.2) is 29.0 Å². The quantitative estimate of drug-likeness (QED) is 0.122. The number of aliphatic hydroxyl groups excluding tert-OH is 2. The van der Waals surface area contributed by atoms with E-state index in [4.69, 9.17) is 24.9 Å². The Morgan fingerprint density at radius 2 is 1.84 bits per heavy atom. The summed E-state index contributed by atoms with van der Waals surface area (Å²) in [5.41, 5.74) is 10.4. The molecule has 6 rings (SSSR count). The van der Waals surface area contributed by atoms with Crippen molar-refractivity contribution in [1.29, 1.82) is 0 Å². The van der Waals surface area contributed by atoms with Gasteiger partial charge in [-0.05, 0) is 67.6 Å². The lowest BCUT2D eigenvalue weighted by atomic mass is 9.81. The maximum absolute atomic E-state index is 13.1. The smallest absolute Gasteiger partial charge is 0.201 e. The van der Waals surface area contributed by atoms with Crippen molar-refractivity contribution in [3.63, 3.8) is 0 Å². The molecule has 5 atom stereocenters. The van der Waals surface area contributed by atoms with Crippen LogP contribution in [0.25, 0.3) is 0 Å². The van der Waals surface area contributed by atoms with E-state index in [1.807, 2.05) is 10.8 Å². The summed E-state index contributed by atoms with van der Waals surface area (Å²) in [7, 11) is 5.09. The highest BCUT2D eigenvalue weighted by Gasteiger charge is 2.38. The first kappa shape index (κ1) is 41.4. The molecule has 0 aromatic heterocycles. The number of aromatic hydroxyl groups is 1. The molecule has 300 valence electrons. The number of phenolic OH excluding ortho intramolecular Hbond substituents is 1. The van der Waals surface area contributed by atoms with E-state index in [-0.39, 0.29) is 61.2 Å². The molecule has 2 aromatic carbocycles. The van der Waals surface area contributed by atoms with Gasteiger partial charge in [0.05, 0.1) is 18.8 Å². The number of Topliss-reactive ketones (excluding diaryl/α,β-unsaturated/α-hetero) is 1. The fourth-order valence-corrected chi connectivity index (χ4v) is 10.9. The molecule has 2 aromatic rings. The van der Waals surface area contributed by atoms with Crippen molar-refractivity contribution >= 4 is 33.3 Å². The molecule has 2 aliphatic carbocycles. The molecule has 0 spiro atoms. The Balaban J connectivity index is 1.38. The number of aryl methyl sites for hydroxylation is 2. The van der Waals surface area contributed by atoms with Gasteiger partial charge in [-0.3, -0.25) is 15.1 Å². The van der Waals surface area contributed by atoms with Crippen LogP contribution in [0.15, 0.2) is 23.2 Å². The molecule has 1 fully saturated rings. The third kappa shape index (κ3) is 10.8. The highest BCUT2D eigenvalue weighted by molar-refractivity contribution is 8.76. The van der Waals surface area contributed by atoms with E-state index >= 15 is 0 Å². The maximum Gasteiger partial charge on any atom is 0.201 e. The van der Waals surface area contributed by atoms with E-state index in [1.54, 1.807) is 22.9 Å². The number of aliphatic imine (C=N–C) groups is 1.